The van der Waals surface area contributed by atoms with Crippen LogP contribution in [0, 0.1) is 0 Å². The highest BCUT2D eigenvalue weighted by Crippen LogP contribution is 2.15. The van der Waals surface area contributed by atoms with Gasteiger partial charge in [-0.05, 0) is 24.1 Å². The number of aromatic nitrogens is 1. The zero-order valence-electron chi connectivity index (χ0n) is 12.7. The van der Waals surface area contributed by atoms with Crippen molar-refractivity contribution in [2.75, 3.05) is 32.7 Å². The fraction of sp³-hybridized carbons (Fsp3) is 0.471. The lowest BCUT2D eigenvalue weighted by Gasteiger charge is -2.34. The van der Waals surface area contributed by atoms with E-state index in [1.807, 2.05) is 17.0 Å². The summed E-state index contributed by atoms with van der Waals surface area (Å²) in [5.74, 6) is 0.281. The van der Waals surface area contributed by atoms with Crippen LogP contribution in [0.3, 0.4) is 0 Å². The molecule has 3 rings (SSSR count). The molecule has 1 amide bonds. The van der Waals surface area contributed by atoms with Gasteiger partial charge in [0.25, 0.3) is 0 Å². The van der Waals surface area contributed by atoms with E-state index in [0.29, 0.717) is 6.42 Å². The number of benzene rings is 1. The van der Waals surface area contributed by atoms with Crippen LogP contribution in [-0.2, 0) is 11.3 Å². The Labute approximate surface area is 125 Å². The number of aryl methyl sites for hydroxylation is 1. The van der Waals surface area contributed by atoms with E-state index >= 15 is 0 Å². The van der Waals surface area contributed by atoms with Gasteiger partial charge in [-0.15, -0.1) is 0 Å². The van der Waals surface area contributed by atoms with Crippen molar-refractivity contribution in [2.24, 2.45) is 0 Å². The molecule has 1 fully saturated rings. The first-order valence-electron chi connectivity index (χ1n) is 7.82. The predicted molar refractivity (Wildman–Crippen MR) is 85.2 cm³/mol. The Morgan fingerprint density at radius 2 is 1.86 bits per heavy atom. The Kier molecular flexibility index (Phi) is 4.25. The van der Waals surface area contributed by atoms with E-state index in [9.17, 15) is 4.79 Å². The molecule has 4 nitrogen and oxygen atoms in total. The maximum Gasteiger partial charge on any atom is 0.224 e. The predicted octanol–water partition coefficient (Wildman–Crippen LogP) is 2.20. The average Bonchev–Trinajstić information content (AvgIpc) is 2.96. The van der Waals surface area contributed by atoms with Gasteiger partial charge in [0.15, 0.2) is 0 Å². The maximum absolute atomic E-state index is 12.3. The summed E-state index contributed by atoms with van der Waals surface area (Å²) >= 11 is 0. The van der Waals surface area contributed by atoms with Crippen LogP contribution in [0.25, 0.3) is 10.9 Å². The lowest BCUT2D eigenvalue weighted by atomic mass is 10.2. The minimum Gasteiger partial charge on any atom is -0.347 e. The standard InChI is InChI=1S/C17H23N3O/c1-2-18-11-13-20(14-12-18)17(21)8-10-19-9-7-15-5-3-4-6-16(15)19/h3-7,9H,2,8,10-14H2,1H3. The summed E-state index contributed by atoms with van der Waals surface area (Å²) in [7, 11) is 0. The number of fused-ring (bicyclic) bond motifs is 1. The van der Waals surface area contributed by atoms with Crippen LogP contribution in [0.1, 0.15) is 13.3 Å². The number of nitrogens with zero attached hydrogens (tertiary/aromatic N) is 3. The van der Waals surface area contributed by atoms with Crippen molar-refractivity contribution in [1.82, 2.24) is 14.4 Å². The molecule has 1 saturated heterocycles. The summed E-state index contributed by atoms with van der Waals surface area (Å²) in [4.78, 5) is 16.7. The van der Waals surface area contributed by atoms with Crippen LogP contribution in [0.4, 0.5) is 0 Å². The number of amides is 1. The molecule has 2 heterocycles. The molecule has 0 atom stereocenters. The van der Waals surface area contributed by atoms with Crippen LogP contribution in [-0.4, -0.2) is 53.0 Å². The third kappa shape index (κ3) is 3.10. The normalized spacial score (nSPS) is 16.5. The fourth-order valence-electron chi connectivity index (χ4n) is 3.02. The third-order valence-electron chi connectivity index (χ3n) is 4.42. The highest BCUT2D eigenvalue weighted by molar-refractivity contribution is 5.80. The second kappa shape index (κ2) is 6.31. The molecule has 0 bridgehead atoms. The monoisotopic (exact) mass is 285 g/mol. The number of carbonyl (C=O) groups is 1. The first-order chi connectivity index (χ1) is 10.3. The van der Waals surface area contributed by atoms with E-state index in [0.717, 1.165) is 39.3 Å². The highest BCUT2D eigenvalue weighted by atomic mass is 16.2. The van der Waals surface area contributed by atoms with Gasteiger partial charge in [0.2, 0.25) is 5.91 Å². The van der Waals surface area contributed by atoms with Gasteiger partial charge in [-0.25, -0.2) is 0 Å². The van der Waals surface area contributed by atoms with E-state index in [2.05, 4.69) is 40.8 Å². The lowest BCUT2D eigenvalue weighted by Crippen LogP contribution is -2.48. The van der Waals surface area contributed by atoms with E-state index in [1.54, 1.807) is 0 Å². The molecule has 0 radical (unpaired) electrons. The Morgan fingerprint density at radius 1 is 1.10 bits per heavy atom. The molecule has 0 saturated carbocycles. The van der Waals surface area contributed by atoms with Gasteiger partial charge in [0.1, 0.15) is 0 Å². The summed E-state index contributed by atoms with van der Waals surface area (Å²) in [5, 5.41) is 1.24. The van der Waals surface area contributed by atoms with Crippen LogP contribution >= 0.6 is 0 Å². The highest BCUT2D eigenvalue weighted by Gasteiger charge is 2.19. The van der Waals surface area contributed by atoms with E-state index in [1.165, 1.54) is 10.9 Å². The minimum absolute atomic E-state index is 0.281. The second-order valence-corrected chi connectivity index (χ2v) is 5.63. The summed E-state index contributed by atoms with van der Waals surface area (Å²) < 4.78 is 2.18. The molecule has 0 aliphatic carbocycles. The van der Waals surface area contributed by atoms with Crippen molar-refractivity contribution in [1.29, 1.82) is 0 Å². The number of likely N-dealkylation sites (N-methyl/N-ethyl adjacent to an activating group) is 1. The zero-order valence-corrected chi connectivity index (χ0v) is 12.7. The molecular formula is C17H23N3O. The smallest absolute Gasteiger partial charge is 0.224 e. The molecule has 4 heteroatoms. The zero-order chi connectivity index (χ0) is 14.7. The Hall–Kier alpha value is -1.81. The Morgan fingerprint density at radius 3 is 2.62 bits per heavy atom. The maximum atomic E-state index is 12.3. The van der Waals surface area contributed by atoms with Crippen molar-refractivity contribution in [3.05, 3.63) is 36.5 Å². The van der Waals surface area contributed by atoms with Crippen LogP contribution in [0.5, 0.6) is 0 Å². The van der Waals surface area contributed by atoms with Crippen molar-refractivity contribution in [3.8, 4) is 0 Å². The minimum atomic E-state index is 0.281. The quantitative estimate of drug-likeness (QED) is 0.861. The van der Waals surface area contributed by atoms with Gasteiger partial charge in [0, 0.05) is 50.9 Å². The Balaban J connectivity index is 1.56. The molecule has 0 N–H and O–H groups in total. The molecule has 0 unspecified atom stereocenters. The van der Waals surface area contributed by atoms with Gasteiger partial charge < -0.3 is 14.4 Å². The molecule has 2 aromatic rings. The topological polar surface area (TPSA) is 28.5 Å². The summed E-state index contributed by atoms with van der Waals surface area (Å²) in [6, 6.07) is 10.4. The van der Waals surface area contributed by atoms with Gasteiger partial charge in [-0.1, -0.05) is 25.1 Å². The summed E-state index contributed by atoms with van der Waals surface area (Å²) in [6.45, 7) is 7.79. The van der Waals surface area contributed by atoms with Crippen molar-refractivity contribution in [3.63, 3.8) is 0 Å². The summed E-state index contributed by atoms with van der Waals surface area (Å²) in [5.41, 5.74) is 1.21. The van der Waals surface area contributed by atoms with Crippen LogP contribution in [0.15, 0.2) is 36.5 Å². The van der Waals surface area contributed by atoms with Gasteiger partial charge in [-0.3, -0.25) is 4.79 Å². The second-order valence-electron chi connectivity index (χ2n) is 5.63. The van der Waals surface area contributed by atoms with Crippen molar-refractivity contribution < 1.29 is 4.79 Å². The van der Waals surface area contributed by atoms with Crippen LogP contribution < -0.4 is 0 Å². The molecule has 112 valence electrons. The van der Waals surface area contributed by atoms with Gasteiger partial charge in [-0.2, -0.15) is 0 Å². The van der Waals surface area contributed by atoms with Crippen molar-refractivity contribution in [2.45, 2.75) is 19.9 Å². The molecule has 1 aliphatic heterocycles. The number of rotatable bonds is 4. The number of hydrogen-bond donors (Lipinski definition) is 0. The van der Waals surface area contributed by atoms with Gasteiger partial charge in [0.05, 0.1) is 0 Å². The third-order valence-corrected chi connectivity index (χ3v) is 4.42. The lowest BCUT2D eigenvalue weighted by molar-refractivity contribution is -0.133. The van der Waals surface area contributed by atoms with Gasteiger partial charge >= 0.3 is 0 Å². The molecule has 1 aliphatic rings. The molecule has 21 heavy (non-hydrogen) atoms. The summed E-state index contributed by atoms with van der Waals surface area (Å²) in [6.07, 6.45) is 2.66. The molecular weight excluding hydrogens is 262 g/mol. The van der Waals surface area contributed by atoms with E-state index in [4.69, 9.17) is 0 Å². The number of carbonyl (C=O) groups excluding carboxylic acids is 1. The van der Waals surface area contributed by atoms with E-state index in [-0.39, 0.29) is 5.91 Å². The van der Waals surface area contributed by atoms with Crippen molar-refractivity contribution >= 4 is 16.8 Å². The van der Waals surface area contributed by atoms with Crippen LogP contribution in [0.2, 0.25) is 0 Å². The number of piperazine rings is 1. The average molecular weight is 285 g/mol. The number of hydrogen-bond acceptors (Lipinski definition) is 2. The Bertz CT molecular complexity index is 611. The molecule has 0 spiro atoms. The first-order valence-corrected chi connectivity index (χ1v) is 7.82. The largest absolute Gasteiger partial charge is 0.347 e. The SMILES string of the molecule is CCN1CCN(C(=O)CCn2ccc3ccccc32)CC1. The van der Waals surface area contributed by atoms with E-state index < -0.39 is 0 Å². The fourth-order valence-corrected chi connectivity index (χ4v) is 3.02. The molecule has 1 aromatic heterocycles. The molecule has 1 aromatic carbocycles. The number of para-hydroxylation sites is 1. The first kappa shape index (κ1) is 14.1.